The third-order valence-corrected chi connectivity index (χ3v) is 3.08. The van der Waals surface area contributed by atoms with Gasteiger partial charge in [-0.15, -0.1) is 0 Å². The molecule has 0 saturated carbocycles. The number of halogens is 1. The Kier molecular flexibility index (Phi) is 3.64. The summed E-state index contributed by atoms with van der Waals surface area (Å²) in [5.41, 5.74) is 3.71. The summed E-state index contributed by atoms with van der Waals surface area (Å²) < 4.78 is 19.5. The average Bonchev–Trinajstić information content (AvgIpc) is 2.37. The number of hydrogen-bond donors (Lipinski definition) is 1. The van der Waals surface area contributed by atoms with Crippen molar-refractivity contribution >= 4 is 11.6 Å². The normalized spacial score (nSPS) is 18.6. The molecule has 1 aromatic carbocycles. The molecular formula is C14H15FN2O2. The molecule has 5 heteroatoms. The van der Waals surface area contributed by atoms with E-state index < -0.39 is 0 Å². The number of nitrogens with one attached hydrogen (secondary N) is 1. The minimum absolute atomic E-state index is 0.117. The van der Waals surface area contributed by atoms with Gasteiger partial charge in [0.15, 0.2) is 0 Å². The number of hydrogen-bond acceptors (Lipinski definition) is 3. The van der Waals surface area contributed by atoms with Crippen LogP contribution in [0.3, 0.4) is 0 Å². The van der Waals surface area contributed by atoms with Gasteiger partial charge in [-0.05, 0) is 19.1 Å². The number of nitrogens with zero attached hydrogens (tertiary/aromatic N) is 1. The Labute approximate surface area is 111 Å². The summed E-state index contributed by atoms with van der Waals surface area (Å²) in [5, 5.41) is 3.96. The van der Waals surface area contributed by atoms with Crippen molar-refractivity contribution in [1.29, 1.82) is 0 Å². The van der Waals surface area contributed by atoms with E-state index in [-0.39, 0.29) is 17.6 Å². The molecule has 2 rings (SSSR count). The highest BCUT2D eigenvalue weighted by Crippen LogP contribution is 2.27. The fourth-order valence-electron chi connectivity index (χ4n) is 2.06. The molecule has 0 aromatic heterocycles. The fraction of sp³-hybridized carbons (Fsp3) is 0.286. The van der Waals surface area contributed by atoms with Crippen LogP contribution in [0.2, 0.25) is 0 Å². The van der Waals surface area contributed by atoms with E-state index in [4.69, 9.17) is 4.74 Å². The largest absolute Gasteiger partial charge is 0.465 e. The van der Waals surface area contributed by atoms with Crippen LogP contribution < -0.4 is 10.2 Å². The lowest BCUT2D eigenvalue weighted by molar-refractivity contribution is -0.121. The lowest BCUT2D eigenvalue weighted by atomic mass is 9.92. The summed E-state index contributed by atoms with van der Waals surface area (Å²) in [6, 6.07) is 3.27. The molecule has 1 N–H and O–H groups in total. The van der Waals surface area contributed by atoms with Gasteiger partial charge in [0.25, 0.3) is 0 Å². The second kappa shape index (κ2) is 5.22. The minimum atomic E-state index is -0.388. The third kappa shape index (κ3) is 2.50. The van der Waals surface area contributed by atoms with Crippen molar-refractivity contribution < 1.29 is 13.9 Å². The Morgan fingerprint density at radius 1 is 1.58 bits per heavy atom. The van der Waals surface area contributed by atoms with Crippen molar-refractivity contribution in [1.82, 2.24) is 5.43 Å². The second-order valence-electron chi connectivity index (χ2n) is 4.47. The van der Waals surface area contributed by atoms with Crippen LogP contribution in [0.1, 0.15) is 24.5 Å². The Morgan fingerprint density at radius 3 is 2.95 bits per heavy atom. The first-order valence-electron chi connectivity index (χ1n) is 5.98. The lowest BCUT2D eigenvalue weighted by Gasteiger charge is -2.20. The predicted molar refractivity (Wildman–Crippen MR) is 70.4 cm³/mol. The van der Waals surface area contributed by atoms with Gasteiger partial charge in [-0.3, -0.25) is 4.79 Å². The summed E-state index contributed by atoms with van der Waals surface area (Å²) in [6.45, 7) is 6.92. The van der Waals surface area contributed by atoms with Crippen LogP contribution in [-0.4, -0.2) is 11.6 Å². The van der Waals surface area contributed by atoms with Crippen molar-refractivity contribution in [3.63, 3.8) is 0 Å². The fourth-order valence-corrected chi connectivity index (χ4v) is 2.06. The highest BCUT2D eigenvalue weighted by Gasteiger charge is 2.25. The lowest BCUT2D eigenvalue weighted by Crippen LogP contribution is -2.32. The topological polar surface area (TPSA) is 50.7 Å². The second-order valence-corrected chi connectivity index (χ2v) is 4.47. The van der Waals surface area contributed by atoms with Crippen molar-refractivity contribution in [3.05, 3.63) is 41.9 Å². The molecule has 0 radical (unpaired) electrons. The number of rotatable bonds is 3. The maximum Gasteiger partial charge on any atom is 0.240 e. The molecule has 0 spiro atoms. The molecular weight excluding hydrogens is 247 g/mol. The van der Waals surface area contributed by atoms with Gasteiger partial charge >= 0.3 is 0 Å². The smallest absolute Gasteiger partial charge is 0.240 e. The molecule has 1 amide bonds. The zero-order chi connectivity index (χ0) is 14.0. The summed E-state index contributed by atoms with van der Waals surface area (Å²) in [7, 11) is 0. The molecule has 0 fully saturated rings. The zero-order valence-electron chi connectivity index (χ0n) is 10.9. The van der Waals surface area contributed by atoms with Gasteiger partial charge in [-0.2, -0.15) is 5.10 Å². The first kappa shape index (κ1) is 13.3. The van der Waals surface area contributed by atoms with Crippen molar-refractivity contribution in [2.24, 2.45) is 11.0 Å². The third-order valence-electron chi connectivity index (χ3n) is 3.08. The highest BCUT2D eigenvalue weighted by atomic mass is 19.1. The number of benzene rings is 1. The molecule has 0 saturated heterocycles. The van der Waals surface area contributed by atoms with Crippen molar-refractivity contribution in [2.75, 3.05) is 0 Å². The zero-order valence-corrected chi connectivity index (χ0v) is 10.9. The maximum absolute atomic E-state index is 14.3. The van der Waals surface area contributed by atoms with E-state index in [2.05, 4.69) is 17.1 Å². The number of amides is 1. The molecule has 1 unspecified atom stereocenters. The molecule has 1 heterocycles. The number of carbonyl (C=O) groups excluding carboxylic acids is 1. The Hall–Kier alpha value is -2.17. The molecule has 0 bridgehead atoms. The van der Waals surface area contributed by atoms with Gasteiger partial charge in [0, 0.05) is 23.5 Å². The van der Waals surface area contributed by atoms with Gasteiger partial charge in [-0.25, -0.2) is 9.82 Å². The van der Waals surface area contributed by atoms with E-state index >= 15 is 0 Å². The van der Waals surface area contributed by atoms with Gasteiger partial charge < -0.3 is 4.74 Å². The first-order valence-corrected chi connectivity index (χ1v) is 5.98. The highest BCUT2D eigenvalue weighted by molar-refractivity contribution is 6.06. The molecule has 1 aliphatic rings. The summed E-state index contributed by atoms with van der Waals surface area (Å²) >= 11 is 0. The van der Waals surface area contributed by atoms with E-state index in [0.717, 1.165) is 0 Å². The van der Waals surface area contributed by atoms with Crippen LogP contribution in [0.25, 0.3) is 0 Å². The Morgan fingerprint density at radius 2 is 2.32 bits per heavy atom. The molecule has 100 valence electrons. The van der Waals surface area contributed by atoms with E-state index in [1.807, 2.05) is 6.92 Å². The SMILES string of the molecule is C=COc1ccc(C2=NNC(=O)CC2C)c(F)c1C. The predicted octanol–water partition coefficient (Wildman–Crippen LogP) is 2.52. The van der Waals surface area contributed by atoms with Crippen LogP contribution in [0, 0.1) is 18.7 Å². The molecule has 1 atom stereocenters. The maximum atomic E-state index is 14.3. The van der Waals surface area contributed by atoms with Crippen LogP contribution in [0.5, 0.6) is 5.75 Å². The monoisotopic (exact) mass is 262 g/mol. The van der Waals surface area contributed by atoms with E-state index in [1.165, 1.54) is 6.26 Å². The molecule has 1 aromatic rings. The van der Waals surface area contributed by atoms with Crippen LogP contribution in [-0.2, 0) is 4.79 Å². The Balaban J connectivity index is 2.44. The number of hydrazone groups is 1. The minimum Gasteiger partial charge on any atom is -0.465 e. The number of ether oxygens (including phenoxy) is 1. The summed E-state index contributed by atoms with van der Waals surface area (Å²) in [5.74, 6) is -0.237. The number of carbonyl (C=O) groups is 1. The van der Waals surface area contributed by atoms with E-state index in [9.17, 15) is 9.18 Å². The van der Waals surface area contributed by atoms with E-state index in [1.54, 1.807) is 19.1 Å². The molecule has 0 aliphatic carbocycles. The first-order chi connectivity index (χ1) is 9.04. The molecule has 4 nitrogen and oxygen atoms in total. The van der Waals surface area contributed by atoms with Crippen LogP contribution >= 0.6 is 0 Å². The van der Waals surface area contributed by atoms with Gasteiger partial charge in [0.2, 0.25) is 5.91 Å². The average molecular weight is 262 g/mol. The van der Waals surface area contributed by atoms with Gasteiger partial charge in [0.1, 0.15) is 11.6 Å². The quantitative estimate of drug-likeness (QED) is 0.851. The molecule has 19 heavy (non-hydrogen) atoms. The van der Waals surface area contributed by atoms with Crippen LogP contribution in [0.15, 0.2) is 30.1 Å². The Bertz CT molecular complexity index is 567. The summed E-state index contributed by atoms with van der Waals surface area (Å²) in [4.78, 5) is 11.2. The van der Waals surface area contributed by atoms with Gasteiger partial charge in [-0.1, -0.05) is 13.5 Å². The van der Waals surface area contributed by atoms with Gasteiger partial charge in [0.05, 0.1) is 12.0 Å². The molecule has 1 aliphatic heterocycles. The van der Waals surface area contributed by atoms with Crippen LogP contribution in [0.4, 0.5) is 4.39 Å². The van der Waals surface area contributed by atoms with Crippen molar-refractivity contribution in [2.45, 2.75) is 20.3 Å². The summed E-state index contributed by atoms with van der Waals surface area (Å²) in [6.07, 6.45) is 1.56. The standard InChI is InChI=1S/C14H15FN2O2/c1-4-19-11-6-5-10(13(15)9(11)3)14-8(2)7-12(18)16-17-14/h4-6,8H,1,7H2,2-3H3,(H,16,18). The van der Waals surface area contributed by atoms with Crippen molar-refractivity contribution in [3.8, 4) is 5.75 Å². The van der Waals surface area contributed by atoms with E-state index in [0.29, 0.717) is 29.0 Å².